The Morgan fingerprint density at radius 3 is 2.72 bits per heavy atom. The van der Waals surface area contributed by atoms with Gasteiger partial charge in [0, 0.05) is 34.4 Å². The van der Waals surface area contributed by atoms with E-state index in [9.17, 15) is 9.59 Å². The van der Waals surface area contributed by atoms with Gasteiger partial charge in [0.2, 0.25) is 5.91 Å². The maximum atomic E-state index is 12.4. The van der Waals surface area contributed by atoms with Crippen LogP contribution in [0.5, 0.6) is 0 Å². The molecule has 5 heteroatoms. The van der Waals surface area contributed by atoms with Gasteiger partial charge in [0.1, 0.15) is 0 Å². The van der Waals surface area contributed by atoms with Gasteiger partial charge in [-0.1, -0.05) is 17.7 Å². The average molecular weight is 355 g/mol. The van der Waals surface area contributed by atoms with E-state index in [-0.39, 0.29) is 17.7 Å². The number of aryl methyl sites for hydroxylation is 1. The molecule has 4 rings (SSSR count). The van der Waals surface area contributed by atoms with Crippen LogP contribution in [0.1, 0.15) is 35.2 Å². The van der Waals surface area contributed by atoms with Crippen molar-refractivity contribution in [2.24, 2.45) is 5.92 Å². The average Bonchev–Trinajstić information content (AvgIpc) is 3.45. The molecule has 0 radical (unpaired) electrons. The van der Waals surface area contributed by atoms with Crippen molar-refractivity contribution in [1.29, 1.82) is 0 Å². The summed E-state index contributed by atoms with van der Waals surface area (Å²) in [6, 6.07) is 12.7. The number of hydrogen-bond donors (Lipinski definition) is 1. The second-order valence-electron chi connectivity index (χ2n) is 6.68. The van der Waals surface area contributed by atoms with Crippen molar-refractivity contribution in [2.45, 2.75) is 25.7 Å². The largest absolute Gasteiger partial charge is 0.322 e. The number of benzene rings is 2. The Balaban J connectivity index is 1.54. The zero-order chi connectivity index (χ0) is 17.4. The molecule has 2 aliphatic rings. The van der Waals surface area contributed by atoms with Crippen molar-refractivity contribution in [1.82, 2.24) is 0 Å². The van der Waals surface area contributed by atoms with Crippen LogP contribution in [0.4, 0.5) is 11.4 Å². The van der Waals surface area contributed by atoms with Crippen LogP contribution < -0.4 is 10.2 Å². The normalized spacial score (nSPS) is 16.3. The molecule has 2 amide bonds. The van der Waals surface area contributed by atoms with Gasteiger partial charge in [-0.15, -0.1) is 0 Å². The molecule has 4 nitrogen and oxygen atoms in total. The molecule has 0 bridgehead atoms. The fourth-order valence-corrected chi connectivity index (χ4v) is 3.48. The van der Waals surface area contributed by atoms with E-state index >= 15 is 0 Å². The van der Waals surface area contributed by atoms with Crippen molar-refractivity contribution >= 4 is 34.8 Å². The third kappa shape index (κ3) is 3.40. The van der Waals surface area contributed by atoms with Crippen molar-refractivity contribution in [3.63, 3.8) is 0 Å². The number of anilines is 2. The Labute approximate surface area is 151 Å². The zero-order valence-corrected chi connectivity index (χ0v) is 14.6. The molecule has 2 aromatic rings. The first-order chi connectivity index (χ1) is 12.1. The number of nitrogens with one attached hydrogen (secondary N) is 1. The first kappa shape index (κ1) is 16.2. The molecule has 0 saturated heterocycles. The van der Waals surface area contributed by atoms with Gasteiger partial charge in [-0.3, -0.25) is 9.59 Å². The van der Waals surface area contributed by atoms with E-state index in [4.69, 9.17) is 11.6 Å². The number of fused-ring (bicyclic) bond motifs is 1. The number of nitrogens with zero attached hydrogens (tertiary/aromatic N) is 1. The van der Waals surface area contributed by atoms with Crippen LogP contribution in [0.15, 0.2) is 42.5 Å². The van der Waals surface area contributed by atoms with Gasteiger partial charge < -0.3 is 10.2 Å². The van der Waals surface area contributed by atoms with Crippen LogP contribution in [0.25, 0.3) is 0 Å². The van der Waals surface area contributed by atoms with Gasteiger partial charge in [0.25, 0.3) is 5.91 Å². The topological polar surface area (TPSA) is 49.4 Å². The Kier molecular flexibility index (Phi) is 4.22. The van der Waals surface area contributed by atoms with Gasteiger partial charge in [0.15, 0.2) is 0 Å². The molecule has 2 aromatic carbocycles. The SMILES string of the molecule is O=C(Nc1ccc2c(c1)CCCN2C(=O)C1CC1)c1cccc(Cl)c1. The smallest absolute Gasteiger partial charge is 0.255 e. The van der Waals surface area contributed by atoms with Crippen molar-refractivity contribution in [3.8, 4) is 0 Å². The summed E-state index contributed by atoms with van der Waals surface area (Å²) >= 11 is 5.95. The first-order valence-corrected chi connectivity index (χ1v) is 9.01. The van der Waals surface area contributed by atoms with Crippen LogP contribution in [-0.4, -0.2) is 18.4 Å². The second kappa shape index (κ2) is 6.52. The molecule has 0 atom stereocenters. The molecular weight excluding hydrogens is 336 g/mol. The second-order valence-corrected chi connectivity index (χ2v) is 7.11. The number of rotatable bonds is 3. The predicted molar refractivity (Wildman–Crippen MR) is 99.2 cm³/mol. The van der Waals surface area contributed by atoms with Crippen LogP contribution >= 0.6 is 11.6 Å². The molecule has 1 aliphatic heterocycles. The van der Waals surface area contributed by atoms with Gasteiger partial charge in [-0.05, 0) is 67.6 Å². The number of halogens is 1. The molecule has 1 heterocycles. The van der Waals surface area contributed by atoms with Gasteiger partial charge in [-0.2, -0.15) is 0 Å². The van der Waals surface area contributed by atoms with E-state index in [0.29, 0.717) is 10.6 Å². The molecule has 128 valence electrons. The molecule has 1 N–H and O–H groups in total. The van der Waals surface area contributed by atoms with Crippen molar-refractivity contribution < 1.29 is 9.59 Å². The molecule has 1 saturated carbocycles. The summed E-state index contributed by atoms with van der Waals surface area (Å²) in [5, 5.41) is 3.45. The summed E-state index contributed by atoms with van der Waals surface area (Å²) in [4.78, 5) is 26.7. The lowest BCUT2D eigenvalue weighted by Crippen LogP contribution is -2.36. The molecule has 1 aliphatic carbocycles. The number of amides is 2. The summed E-state index contributed by atoms with van der Waals surface area (Å²) < 4.78 is 0. The van der Waals surface area contributed by atoms with Crippen molar-refractivity contribution in [3.05, 3.63) is 58.6 Å². The summed E-state index contributed by atoms with van der Waals surface area (Å²) in [7, 11) is 0. The van der Waals surface area contributed by atoms with E-state index in [0.717, 1.165) is 49.2 Å². The Bertz CT molecular complexity index is 845. The Morgan fingerprint density at radius 2 is 1.96 bits per heavy atom. The minimum atomic E-state index is -0.191. The molecule has 0 unspecified atom stereocenters. The monoisotopic (exact) mass is 354 g/mol. The summed E-state index contributed by atoms with van der Waals surface area (Å²) in [6.07, 6.45) is 3.90. The third-order valence-corrected chi connectivity index (χ3v) is 4.97. The fourth-order valence-electron chi connectivity index (χ4n) is 3.29. The lowest BCUT2D eigenvalue weighted by Gasteiger charge is -2.30. The van der Waals surface area contributed by atoms with E-state index < -0.39 is 0 Å². The maximum Gasteiger partial charge on any atom is 0.255 e. The van der Waals surface area contributed by atoms with Crippen LogP contribution in [-0.2, 0) is 11.2 Å². The number of hydrogen-bond acceptors (Lipinski definition) is 2. The Hall–Kier alpha value is -2.33. The lowest BCUT2D eigenvalue weighted by atomic mass is 10.00. The highest BCUT2D eigenvalue weighted by molar-refractivity contribution is 6.31. The van der Waals surface area contributed by atoms with Crippen LogP contribution in [0, 0.1) is 5.92 Å². The predicted octanol–water partition coefficient (Wildman–Crippen LogP) is 4.28. The first-order valence-electron chi connectivity index (χ1n) is 8.63. The van der Waals surface area contributed by atoms with Gasteiger partial charge in [0.05, 0.1) is 0 Å². The van der Waals surface area contributed by atoms with Crippen LogP contribution in [0.2, 0.25) is 5.02 Å². The lowest BCUT2D eigenvalue weighted by molar-refractivity contribution is -0.119. The minimum Gasteiger partial charge on any atom is -0.322 e. The van der Waals surface area contributed by atoms with Crippen molar-refractivity contribution in [2.75, 3.05) is 16.8 Å². The summed E-state index contributed by atoms with van der Waals surface area (Å²) in [6.45, 7) is 0.788. The van der Waals surface area contributed by atoms with E-state index in [1.165, 1.54) is 0 Å². The highest BCUT2D eigenvalue weighted by Crippen LogP contribution is 2.36. The maximum absolute atomic E-state index is 12.4. The van der Waals surface area contributed by atoms with Gasteiger partial charge >= 0.3 is 0 Å². The van der Waals surface area contributed by atoms with Gasteiger partial charge in [-0.25, -0.2) is 0 Å². The van der Waals surface area contributed by atoms with Crippen LogP contribution in [0.3, 0.4) is 0 Å². The molecule has 25 heavy (non-hydrogen) atoms. The van der Waals surface area contributed by atoms with E-state index in [1.807, 2.05) is 23.1 Å². The zero-order valence-electron chi connectivity index (χ0n) is 13.8. The highest BCUT2D eigenvalue weighted by Gasteiger charge is 2.35. The molecule has 1 fully saturated rings. The molecule has 0 spiro atoms. The van der Waals surface area contributed by atoms with E-state index in [2.05, 4.69) is 5.32 Å². The summed E-state index contributed by atoms with van der Waals surface area (Å²) in [5.74, 6) is 0.272. The number of carbonyl (C=O) groups excluding carboxylic acids is 2. The third-order valence-electron chi connectivity index (χ3n) is 4.74. The number of carbonyl (C=O) groups is 2. The highest BCUT2D eigenvalue weighted by atomic mass is 35.5. The summed E-state index contributed by atoms with van der Waals surface area (Å²) in [5.41, 5.74) is 3.37. The minimum absolute atomic E-state index is 0.191. The molecule has 0 aromatic heterocycles. The standard InChI is InChI=1S/C20H19ClN2O2/c21-16-5-1-3-15(11-16)19(24)22-17-8-9-18-14(12-17)4-2-10-23(18)20(25)13-6-7-13/h1,3,5,8-9,11-13H,2,4,6-7,10H2,(H,22,24). The van der Waals surface area contributed by atoms with E-state index in [1.54, 1.807) is 24.3 Å². The fraction of sp³-hybridized carbons (Fsp3) is 0.300. The Morgan fingerprint density at radius 1 is 1.12 bits per heavy atom. The molecular formula is C20H19ClN2O2. The quantitative estimate of drug-likeness (QED) is 0.894.